The molecule has 3 N–H and O–H groups in total. The van der Waals surface area contributed by atoms with Crippen molar-refractivity contribution in [3.63, 3.8) is 0 Å². The van der Waals surface area contributed by atoms with Crippen LogP contribution in [0.25, 0.3) is 0 Å². The molecule has 0 aromatic carbocycles. The van der Waals surface area contributed by atoms with Crippen molar-refractivity contribution in [2.24, 2.45) is 0 Å². The first-order chi connectivity index (χ1) is 7.56. The molecule has 0 aliphatic rings. The lowest BCUT2D eigenvalue weighted by molar-refractivity contribution is -0.589. The summed E-state index contributed by atoms with van der Waals surface area (Å²) in [5.41, 5.74) is 0.138. The number of nitro groups is 1. The summed E-state index contributed by atoms with van der Waals surface area (Å²) >= 11 is 0. The molecule has 0 unspecified atom stereocenters. The zero-order chi connectivity index (χ0) is 12.3. The maximum Gasteiger partial charge on any atom is 0.327 e. The number of anilines is 3. The van der Waals surface area contributed by atoms with Crippen LogP contribution in [0.4, 0.5) is 22.9 Å². The lowest BCUT2D eigenvalue weighted by atomic mass is 10.2. The van der Waals surface area contributed by atoms with Crippen LogP contribution in [0.1, 0.15) is 0 Å². The Hall–Kier alpha value is -2.25. The van der Waals surface area contributed by atoms with Gasteiger partial charge in [0.15, 0.2) is 5.69 Å². The molecule has 8 nitrogen and oxygen atoms in total. The second-order valence-corrected chi connectivity index (χ2v) is 2.95. The largest absolute Gasteiger partial charge is 0.710 e. The van der Waals surface area contributed by atoms with Crippen molar-refractivity contribution in [3.05, 3.63) is 21.5 Å². The predicted octanol–water partition coefficient (Wildman–Crippen LogP) is 0.353. The van der Waals surface area contributed by atoms with Crippen LogP contribution in [0.15, 0.2) is 6.20 Å². The van der Waals surface area contributed by atoms with E-state index in [4.69, 9.17) is 0 Å². The van der Waals surface area contributed by atoms with Gasteiger partial charge in [0.05, 0.1) is 12.0 Å². The van der Waals surface area contributed by atoms with Crippen LogP contribution < -0.4 is 20.7 Å². The molecule has 8 heteroatoms. The van der Waals surface area contributed by atoms with Gasteiger partial charge in [-0.05, 0) is 0 Å². The molecular weight excluding hydrogens is 214 g/mol. The van der Waals surface area contributed by atoms with E-state index in [0.717, 1.165) is 6.20 Å². The average molecular weight is 227 g/mol. The van der Waals surface area contributed by atoms with Crippen molar-refractivity contribution in [2.45, 2.75) is 0 Å². The second kappa shape index (κ2) is 4.51. The molecule has 0 saturated heterocycles. The third-order valence-electron chi connectivity index (χ3n) is 2.13. The number of rotatable bonds is 4. The van der Waals surface area contributed by atoms with Crippen LogP contribution >= 0.6 is 0 Å². The van der Waals surface area contributed by atoms with E-state index in [0.29, 0.717) is 4.73 Å². The van der Waals surface area contributed by atoms with Crippen molar-refractivity contribution in [1.82, 2.24) is 0 Å². The lowest BCUT2D eigenvalue weighted by Crippen LogP contribution is -2.31. The summed E-state index contributed by atoms with van der Waals surface area (Å²) < 4.78 is 0.532. The van der Waals surface area contributed by atoms with Gasteiger partial charge in [-0.15, -0.1) is 0 Å². The van der Waals surface area contributed by atoms with Crippen molar-refractivity contribution in [1.29, 1.82) is 0 Å². The molecule has 0 aliphatic carbocycles. The normalized spacial score (nSPS) is 9.69. The Bertz CT molecular complexity index is 421. The lowest BCUT2D eigenvalue weighted by Gasteiger charge is -2.14. The first kappa shape index (κ1) is 11.8. The Morgan fingerprint density at radius 3 is 2.25 bits per heavy atom. The van der Waals surface area contributed by atoms with E-state index in [2.05, 4.69) is 16.0 Å². The van der Waals surface area contributed by atoms with Crippen molar-refractivity contribution < 1.29 is 9.65 Å². The van der Waals surface area contributed by atoms with Gasteiger partial charge in [-0.25, -0.2) is 4.73 Å². The summed E-state index contributed by atoms with van der Waals surface area (Å²) in [6.45, 7) is 0. The quantitative estimate of drug-likeness (QED) is 0.296. The molecular formula is C8H13N5O3. The van der Waals surface area contributed by atoms with E-state index in [1.165, 1.54) is 21.1 Å². The van der Waals surface area contributed by atoms with Gasteiger partial charge < -0.3 is 15.8 Å². The van der Waals surface area contributed by atoms with E-state index < -0.39 is 4.92 Å². The summed E-state index contributed by atoms with van der Waals surface area (Å²) in [4.78, 5) is 10.4. The molecule has 0 spiro atoms. The van der Waals surface area contributed by atoms with Gasteiger partial charge in [0.2, 0.25) is 5.69 Å². The highest BCUT2D eigenvalue weighted by atomic mass is 16.6. The van der Waals surface area contributed by atoms with Gasteiger partial charge in [-0.1, -0.05) is 0 Å². The van der Waals surface area contributed by atoms with Gasteiger partial charge in [0.25, 0.3) is 0 Å². The Kier molecular flexibility index (Phi) is 3.33. The van der Waals surface area contributed by atoms with E-state index in [1.54, 1.807) is 0 Å². The third-order valence-corrected chi connectivity index (χ3v) is 2.13. The zero-order valence-electron chi connectivity index (χ0n) is 9.20. The number of pyridine rings is 1. The summed E-state index contributed by atoms with van der Waals surface area (Å²) in [6.07, 6.45) is 1.12. The van der Waals surface area contributed by atoms with Crippen LogP contribution in [-0.4, -0.2) is 26.1 Å². The van der Waals surface area contributed by atoms with Gasteiger partial charge >= 0.3 is 11.5 Å². The number of nitrogens with one attached hydrogen (secondary N) is 3. The first-order valence-corrected chi connectivity index (χ1v) is 4.54. The third kappa shape index (κ3) is 1.76. The molecule has 0 radical (unpaired) electrons. The van der Waals surface area contributed by atoms with Crippen molar-refractivity contribution in [2.75, 3.05) is 37.1 Å². The van der Waals surface area contributed by atoms with Gasteiger partial charge in [-0.3, -0.25) is 15.4 Å². The van der Waals surface area contributed by atoms with Crippen molar-refractivity contribution in [3.8, 4) is 0 Å². The maximum atomic E-state index is 11.5. The number of hydrogen-bond acceptors (Lipinski definition) is 6. The van der Waals surface area contributed by atoms with Crippen LogP contribution in [0.5, 0.6) is 0 Å². The van der Waals surface area contributed by atoms with E-state index >= 15 is 0 Å². The Morgan fingerprint density at radius 2 is 1.88 bits per heavy atom. The van der Waals surface area contributed by atoms with Gasteiger partial charge in [0, 0.05) is 14.1 Å². The first-order valence-electron chi connectivity index (χ1n) is 4.54. The maximum absolute atomic E-state index is 11.5. The minimum atomic E-state index is -0.543. The van der Waals surface area contributed by atoms with E-state index in [9.17, 15) is 15.3 Å². The number of aromatic nitrogens is 1. The van der Waals surface area contributed by atoms with E-state index in [1.807, 2.05) is 0 Å². The SMILES string of the molecule is CNc1c[n+]([O-])c(NC)c(NC)c1[N+](=O)[O-]. The fraction of sp³-hybridized carbons (Fsp3) is 0.375. The molecule has 0 bridgehead atoms. The van der Waals surface area contributed by atoms with Gasteiger partial charge in [0.1, 0.15) is 6.20 Å². The second-order valence-electron chi connectivity index (χ2n) is 2.95. The topological polar surface area (TPSA) is 106 Å². The summed E-state index contributed by atoms with van der Waals surface area (Å²) in [5.74, 6) is 0.105. The highest BCUT2D eigenvalue weighted by Gasteiger charge is 2.27. The fourth-order valence-corrected chi connectivity index (χ4v) is 1.44. The van der Waals surface area contributed by atoms with Crippen LogP contribution in [-0.2, 0) is 0 Å². The zero-order valence-corrected chi connectivity index (χ0v) is 9.20. The summed E-state index contributed by atoms with van der Waals surface area (Å²) in [6, 6.07) is 0. The van der Waals surface area contributed by atoms with Crippen LogP contribution in [0.2, 0.25) is 0 Å². The van der Waals surface area contributed by atoms with Crippen LogP contribution in [0, 0.1) is 15.3 Å². The standard InChI is InChI=1S/C8H13N5O3/c1-9-5-4-12(14)8(11-3)6(10-2)7(5)13(15)16/h4,9-11H,1-3H3. The molecule has 0 aliphatic heterocycles. The highest BCUT2D eigenvalue weighted by molar-refractivity contribution is 5.81. The Labute approximate surface area is 92.0 Å². The molecule has 88 valence electrons. The minimum absolute atomic E-state index is 0.105. The molecule has 0 amide bonds. The molecule has 0 fully saturated rings. The van der Waals surface area contributed by atoms with Crippen molar-refractivity contribution >= 4 is 22.9 Å². The molecule has 1 rings (SSSR count). The van der Waals surface area contributed by atoms with Gasteiger partial charge in [-0.2, -0.15) is 0 Å². The Balaban J connectivity index is 3.59. The fourth-order valence-electron chi connectivity index (χ4n) is 1.44. The molecule has 1 heterocycles. The van der Waals surface area contributed by atoms with Crippen LogP contribution in [0.3, 0.4) is 0 Å². The Morgan fingerprint density at radius 1 is 1.25 bits per heavy atom. The monoisotopic (exact) mass is 227 g/mol. The summed E-state index contributed by atoms with van der Waals surface area (Å²) in [5, 5.41) is 30.3. The molecule has 1 aromatic heterocycles. The molecule has 16 heavy (non-hydrogen) atoms. The minimum Gasteiger partial charge on any atom is -0.710 e. The number of hydrogen-bond donors (Lipinski definition) is 3. The molecule has 1 aromatic rings. The number of nitrogens with zero attached hydrogens (tertiary/aromatic N) is 2. The average Bonchev–Trinajstić information content (AvgIpc) is 2.26. The van der Waals surface area contributed by atoms with E-state index in [-0.39, 0.29) is 22.9 Å². The smallest absolute Gasteiger partial charge is 0.327 e. The summed E-state index contributed by atoms with van der Waals surface area (Å²) in [7, 11) is 4.55. The predicted molar refractivity (Wildman–Crippen MR) is 60.7 cm³/mol. The molecule has 0 atom stereocenters. The highest BCUT2D eigenvalue weighted by Crippen LogP contribution is 2.35. The molecule has 0 saturated carbocycles.